The predicted octanol–water partition coefficient (Wildman–Crippen LogP) is 4.99. The minimum Gasteiger partial charge on any atom is -0.352 e. The number of piperidine rings is 1. The first kappa shape index (κ1) is 23.2. The fourth-order valence-corrected chi connectivity index (χ4v) is 5.36. The van der Waals surface area contributed by atoms with Crippen molar-refractivity contribution in [2.45, 2.75) is 32.1 Å². The normalized spacial score (nSPS) is 14.3. The van der Waals surface area contributed by atoms with Crippen LogP contribution in [0.25, 0.3) is 10.8 Å². The van der Waals surface area contributed by atoms with Crippen LogP contribution in [0.2, 0.25) is 0 Å². The Balaban J connectivity index is 1.24. The van der Waals surface area contributed by atoms with E-state index in [0.29, 0.717) is 30.9 Å². The minimum absolute atomic E-state index is 0.0436. The summed E-state index contributed by atoms with van der Waals surface area (Å²) in [7, 11) is 0. The number of amides is 2. The molecule has 0 atom stereocenters. The second-order valence-electron chi connectivity index (χ2n) is 8.95. The molecule has 4 heterocycles. The van der Waals surface area contributed by atoms with Crippen molar-refractivity contribution < 1.29 is 9.59 Å². The molecule has 3 aromatic heterocycles. The molecule has 35 heavy (non-hydrogen) atoms. The molecule has 0 bridgehead atoms. The monoisotopic (exact) mass is 484 g/mol. The van der Waals surface area contributed by atoms with Crippen LogP contribution in [0.15, 0.2) is 66.2 Å². The van der Waals surface area contributed by atoms with Gasteiger partial charge in [0.2, 0.25) is 0 Å². The zero-order valence-corrected chi connectivity index (χ0v) is 20.6. The van der Waals surface area contributed by atoms with Gasteiger partial charge < -0.3 is 10.2 Å². The van der Waals surface area contributed by atoms with Gasteiger partial charge in [-0.25, -0.2) is 0 Å². The summed E-state index contributed by atoms with van der Waals surface area (Å²) >= 11 is 1.70. The molecule has 2 amide bonds. The topological polar surface area (TPSA) is 75.2 Å². The van der Waals surface area contributed by atoms with Crippen molar-refractivity contribution in [1.29, 1.82) is 0 Å². The van der Waals surface area contributed by atoms with E-state index in [0.717, 1.165) is 41.4 Å². The maximum atomic E-state index is 13.1. The van der Waals surface area contributed by atoms with Gasteiger partial charge in [-0.3, -0.25) is 19.6 Å². The lowest BCUT2D eigenvalue weighted by Gasteiger charge is -2.32. The molecule has 0 aliphatic carbocycles. The molecule has 178 valence electrons. The summed E-state index contributed by atoms with van der Waals surface area (Å²) in [6.07, 6.45) is 4.12. The van der Waals surface area contributed by atoms with Crippen LogP contribution in [0, 0.1) is 6.92 Å². The molecule has 1 fully saturated rings. The van der Waals surface area contributed by atoms with Gasteiger partial charge in [0, 0.05) is 47.7 Å². The average Bonchev–Trinajstić information content (AvgIpc) is 3.41. The van der Waals surface area contributed by atoms with Crippen molar-refractivity contribution >= 4 is 33.9 Å². The molecule has 1 aliphatic heterocycles. The number of pyridine rings is 2. The molecule has 5 rings (SSSR count). The van der Waals surface area contributed by atoms with E-state index in [1.54, 1.807) is 17.5 Å². The lowest BCUT2D eigenvalue weighted by Crippen LogP contribution is -2.39. The van der Waals surface area contributed by atoms with Crippen LogP contribution in [0.5, 0.6) is 0 Å². The first-order valence-electron chi connectivity index (χ1n) is 12.0. The summed E-state index contributed by atoms with van der Waals surface area (Å²) in [5.74, 6) is 0.0161. The van der Waals surface area contributed by atoms with E-state index in [1.807, 2.05) is 65.7 Å². The van der Waals surface area contributed by atoms with Gasteiger partial charge in [-0.2, -0.15) is 0 Å². The smallest absolute Gasteiger partial charge is 0.272 e. The average molecular weight is 485 g/mol. The number of hydrogen-bond acceptors (Lipinski definition) is 5. The van der Waals surface area contributed by atoms with E-state index in [9.17, 15) is 9.59 Å². The largest absolute Gasteiger partial charge is 0.352 e. The Hall–Kier alpha value is -3.58. The molecule has 4 aromatic rings. The molecule has 1 N–H and O–H groups in total. The summed E-state index contributed by atoms with van der Waals surface area (Å²) in [6.45, 7) is 3.78. The Morgan fingerprint density at radius 2 is 1.86 bits per heavy atom. The molecule has 1 saturated heterocycles. The molecular weight excluding hydrogens is 456 g/mol. The summed E-state index contributed by atoms with van der Waals surface area (Å²) in [4.78, 5) is 38.4. The highest BCUT2D eigenvalue weighted by Gasteiger charge is 2.29. The van der Waals surface area contributed by atoms with E-state index in [1.165, 1.54) is 4.88 Å². The van der Waals surface area contributed by atoms with Gasteiger partial charge in [-0.05, 0) is 61.2 Å². The van der Waals surface area contributed by atoms with Gasteiger partial charge in [0.1, 0.15) is 5.69 Å². The van der Waals surface area contributed by atoms with Crippen LogP contribution in [0.4, 0.5) is 0 Å². The number of hydrogen-bond donors (Lipinski definition) is 1. The lowest BCUT2D eigenvalue weighted by atomic mass is 9.89. The summed E-state index contributed by atoms with van der Waals surface area (Å²) in [5.41, 5.74) is 2.85. The SMILES string of the molecule is Cc1ccc(C(=O)NCCc2cccs2)c(C2CCN(C(=O)c3cc4ccccc4cn3)CC2)n1. The fourth-order valence-electron chi connectivity index (χ4n) is 4.65. The van der Waals surface area contributed by atoms with Crippen molar-refractivity contribution in [1.82, 2.24) is 20.2 Å². The van der Waals surface area contributed by atoms with E-state index in [2.05, 4.69) is 16.4 Å². The molecule has 1 aromatic carbocycles. The van der Waals surface area contributed by atoms with Gasteiger partial charge in [0.15, 0.2) is 0 Å². The number of likely N-dealkylation sites (tertiary alicyclic amines) is 1. The Kier molecular flexibility index (Phi) is 6.86. The number of nitrogens with zero attached hydrogens (tertiary/aromatic N) is 3. The quantitative estimate of drug-likeness (QED) is 0.418. The molecular formula is C28H28N4O2S. The maximum Gasteiger partial charge on any atom is 0.272 e. The predicted molar refractivity (Wildman–Crippen MR) is 139 cm³/mol. The van der Waals surface area contributed by atoms with Crippen LogP contribution in [0.1, 0.15) is 55.9 Å². The van der Waals surface area contributed by atoms with Gasteiger partial charge >= 0.3 is 0 Å². The summed E-state index contributed by atoms with van der Waals surface area (Å²) in [5, 5.41) is 7.14. The number of nitrogens with one attached hydrogen (secondary N) is 1. The number of benzene rings is 1. The zero-order chi connectivity index (χ0) is 24.2. The first-order valence-corrected chi connectivity index (χ1v) is 12.9. The number of rotatable bonds is 6. The molecule has 0 spiro atoms. The third kappa shape index (κ3) is 5.25. The Labute approximate surface area is 209 Å². The standard InChI is InChI=1S/C28H28N4O2S/c1-19-8-9-24(27(33)29-13-10-23-7-4-16-35-23)26(31-19)20-11-14-32(15-12-20)28(34)25-17-21-5-2-3-6-22(21)18-30-25/h2-9,16-18,20H,10-15H2,1H3,(H,29,33). The molecule has 6 nitrogen and oxygen atoms in total. The van der Waals surface area contributed by atoms with Gasteiger partial charge in [0.25, 0.3) is 11.8 Å². The third-order valence-corrected chi connectivity index (χ3v) is 7.50. The molecule has 0 unspecified atom stereocenters. The highest BCUT2D eigenvalue weighted by atomic mass is 32.1. The fraction of sp³-hybridized carbons (Fsp3) is 0.286. The highest BCUT2D eigenvalue weighted by molar-refractivity contribution is 7.09. The van der Waals surface area contributed by atoms with Crippen molar-refractivity contribution in [3.8, 4) is 0 Å². The van der Waals surface area contributed by atoms with E-state index >= 15 is 0 Å². The van der Waals surface area contributed by atoms with Gasteiger partial charge in [-0.1, -0.05) is 30.3 Å². The summed E-state index contributed by atoms with van der Waals surface area (Å²) < 4.78 is 0. The third-order valence-electron chi connectivity index (χ3n) is 6.56. The number of carbonyl (C=O) groups excluding carboxylic acids is 2. The molecule has 7 heteroatoms. The van der Waals surface area contributed by atoms with Gasteiger partial charge in [0.05, 0.1) is 11.3 Å². The molecule has 0 saturated carbocycles. The molecule has 1 aliphatic rings. The Morgan fingerprint density at radius 3 is 2.63 bits per heavy atom. The number of aryl methyl sites for hydroxylation is 1. The van der Waals surface area contributed by atoms with Crippen LogP contribution in [-0.2, 0) is 6.42 Å². The highest BCUT2D eigenvalue weighted by Crippen LogP contribution is 2.30. The Bertz CT molecular complexity index is 1340. The Morgan fingerprint density at radius 1 is 1.06 bits per heavy atom. The maximum absolute atomic E-state index is 13.1. The molecule has 0 radical (unpaired) electrons. The summed E-state index contributed by atoms with van der Waals surface area (Å²) in [6, 6.07) is 17.7. The van der Waals surface area contributed by atoms with Crippen LogP contribution in [0.3, 0.4) is 0 Å². The van der Waals surface area contributed by atoms with E-state index < -0.39 is 0 Å². The van der Waals surface area contributed by atoms with E-state index in [-0.39, 0.29) is 17.7 Å². The number of thiophene rings is 1. The number of fused-ring (bicyclic) bond motifs is 1. The van der Waals surface area contributed by atoms with Gasteiger partial charge in [-0.15, -0.1) is 11.3 Å². The number of carbonyl (C=O) groups is 2. The van der Waals surface area contributed by atoms with E-state index in [4.69, 9.17) is 4.98 Å². The van der Waals surface area contributed by atoms with Crippen molar-refractivity contribution in [2.75, 3.05) is 19.6 Å². The second-order valence-corrected chi connectivity index (χ2v) is 9.99. The first-order chi connectivity index (χ1) is 17.1. The zero-order valence-electron chi connectivity index (χ0n) is 19.7. The number of aromatic nitrogens is 2. The van der Waals surface area contributed by atoms with Crippen molar-refractivity contribution in [3.63, 3.8) is 0 Å². The van der Waals surface area contributed by atoms with Crippen LogP contribution >= 0.6 is 11.3 Å². The van der Waals surface area contributed by atoms with Crippen molar-refractivity contribution in [2.24, 2.45) is 0 Å². The minimum atomic E-state index is -0.0806. The second kappa shape index (κ2) is 10.4. The van der Waals surface area contributed by atoms with Crippen LogP contribution < -0.4 is 5.32 Å². The lowest BCUT2D eigenvalue weighted by molar-refractivity contribution is 0.0705. The van der Waals surface area contributed by atoms with Crippen LogP contribution in [-0.4, -0.2) is 46.3 Å². The van der Waals surface area contributed by atoms with Crippen molar-refractivity contribution in [3.05, 3.63) is 93.7 Å².